The van der Waals surface area contributed by atoms with Crippen LogP contribution in [0.15, 0.2) is 48.5 Å². The van der Waals surface area contributed by atoms with Crippen molar-refractivity contribution in [1.82, 2.24) is 10.2 Å². The average Bonchev–Trinajstić information content (AvgIpc) is 2.63. The third kappa shape index (κ3) is 4.92. The Morgan fingerprint density at radius 3 is 2.48 bits per heavy atom. The molecule has 0 radical (unpaired) electrons. The van der Waals surface area contributed by atoms with E-state index in [9.17, 15) is 9.18 Å². The predicted molar refractivity (Wildman–Crippen MR) is 107 cm³/mol. The fraction of sp³-hybridized carbons (Fsp3) is 0.316. The highest BCUT2D eigenvalue weighted by molar-refractivity contribution is 14.1. The lowest BCUT2D eigenvalue weighted by atomic mass is 10.2. The Bertz CT molecular complexity index is 718. The van der Waals surface area contributed by atoms with Crippen LogP contribution in [0.25, 0.3) is 0 Å². The Balaban J connectivity index is 1.42. The van der Waals surface area contributed by atoms with Crippen LogP contribution in [0.4, 0.5) is 10.1 Å². The van der Waals surface area contributed by atoms with Crippen molar-refractivity contribution in [2.45, 2.75) is 0 Å². The summed E-state index contributed by atoms with van der Waals surface area (Å²) in [6.45, 7) is 5.38. The number of benzene rings is 2. The number of amides is 1. The summed E-state index contributed by atoms with van der Waals surface area (Å²) in [6, 6.07) is 14.7. The van der Waals surface area contributed by atoms with E-state index >= 15 is 0 Å². The molecule has 0 bridgehead atoms. The van der Waals surface area contributed by atoms with E-state index in [1.807, 2.05) is 28.7 Å². The number of carbonyl (C=O) groups is 1. The fourth-order valence-electron chi connectivity index (χ4n) is 2.96. The normalized spacial score (nSPS) is 15.2. The van der Waals surface area contributed by atoms with Gasteiger partial charge in [0.05, 0.1) is 5.56 Å². The minimum absolute atomic E-state index is 0.146. The Labute approximate surface area is 161 Å². The highest BCUT2D eigenvalue weighted by Crippen LogP contribution is 2.15. The lowest BCUT2D eigenvalue weighted by Gasteiger charge is -2.36. The van der Waals surface area contributed by atoms with Crippen LogP contribution in [0.3, 0.4) is 0 Å². The van der Waals surface area contributed by atoms with Gasteiger partial charge in [-0.15, -0.1) is 0 Å². The molecule has 0 saturated carbocycles. The molecule has 2 aromatic carbocycles. The number of anilines is 1. The van der Waals surface area contributed by atoms with E-state index < -0.39 is 0 Å². The molecule has 1 saturated heterocycles. The standard InChI is InChI=1S/C19H21FIN3O/c20-15-6-7-17(18(21)14-15)19(25)22-8-9-23-10-12-24(13-11-23)16-4-2-1-3-5-16/h1-7,14H,8-13H2,(H,22,25). The Morgan fingerprint density at radius 1 is 1.08 bits per heavy atom. The van der Waals surface area contributed by atoms with Crippen molar-refractivity contribution >= 4 is 34.2 Å². The number of hydrogen-bond acceptors (Lipinski definition) is 3. The van der Waals surface area contributed by atoms with Crippen molar-refractivity contribution in [3.63, 3.8) is 0 Å². The van der Waals surface area contributed by atoms with Crippen molar-refractivity contribution in [1.29, 1.82) is 0 Å². The highest BCUT2D eigenvalue weighted by Gasteiger charge is 2.17. The highest BCUT2D eigenvalue weighted by atomic mass is 127. The van der Waals surface area contributed by atoms with E-state index in [2.05, 4.69) is 39.4 Å². The smallest absolute Gasteiger partial charge is 0.252 e. The first kappa shape index (κ1) is 18.1. The number of hydrogen-bond donors (Lipinski definition) is 1. The molecule has 1 aliphatic heterocycles. The minimum atomic E-state index is -0.322. The molecule has 1 fully saturated rings. The Hall–Kier alpha value is -1.67. The second-order valence-electron chi connectivity index (χ2n) is 6.04. The maximum Gasteiger partial charge on any atom is 0.252 e. The summed E-state index contributed by atoms with van der Waals surface area (Å²) < 4.78 is 13.7. The first-order valence-corrected chi connectivity index (χ1v) is 9.47. The van der Waals surface area contributed by atoms with Gasteiger partial charge < -0.3 is 10.2 Å². The summed E-state index contributed by atoms with van der Waals surface area (Å²) in [6.07, 6.45) is 0. The summed E-state index contributed by atoms with van der Waals surface area (Å²) in [4.78, 5) is 16.9. The van der Waals surface area contributed by atoms with Crippen LogP contribution in [0.1, 0.15) is 10.4 Å². The number of carbonyl (C=O) groups excluding carboxylic acids is 1. The molecule has 0 aliphatic carbocycles. The zero-order valence-electron chi connectivity index (χ0n) is 13.9. The van der Waals surface area contributed by atoms with Gasteiger partial charge in [0, 0.05) is 48.5 Å². The SMILES string of the molecule is O=C(NCCN1CCN(c2ccccc2)CC1)c1ccc(F)cc1I. The molecule has 2 aromatic rings. The zero-order chi connectivity index (χ0) is 17.6. The van der Waals surface area contributed by atoms with Gasteiger partial charge in [0.1, 0.15) is 5.82 Å². The first-order chi connectivity index (χ1) is 12.1. The molecule has 1 N–H and O–H groups in total. The van der Waals surface area contributed by atoms with E-state index in [0.717, 1.165) is 32.7 Å². The first-order valence-electron chi connectivity index (χ1n) is 8.39. The monoisotopic (exact) mass is 453 g/mol. The summed E-state index contributed by atoms with van der Waals surface area (Å²) in [5, 5.41) is 2.93. The van der Waals surface area contributed by atoms with Crippen molar-refractivity contribution in [3.8, 4) is 0 Å². The largest absolute Gasteiger partial charge is 0.369 e. The van der Waals surface area contributed by atoms with Gasteiger partial charge in [-0.25, -0.2) is 4.39 Å². The summed E-state index contributed by atoms with van der Waals surface area (Å²) in [5.41, 5.74) is 1.79. The van der Waals surface area contributed by atoms with Gasteiger partial charge >= 0.3 is 0 Å². The molecule has 1 heterocycles. The number of nitrogens with one attached hydrogen (secondary N) is 1. The van der Waals surface area contributed by atoms with Gasteiger partial charge in [0.2, 0.25) is 0 Å². The second kappa shape index (κ2) is 8.62. The van der Waals surface area contributed by atoms with Crippen molar-refractivity contribution < 1.29 is 9.18 Å². The van der Waals surface area contributed by atoms with E-state index in [-0.39, 0.29) is 11.7 Å². The van der Waals surface area contributed by atoms with Gasteiger partial charge in [-0.1, -0.05) is 18.2 Å². The third-order valence-electron chi connectivity index (χ3n) is 4.38. The fourth-order valence-corrected chi connectivity index (χ4v) is 3.69. The number of rotatable bonds is 5. The average molecular weight is 453 g/mol. The van der Waals surface area contributed by atoms with Crippen molar-refractivity contribution in [2.75, 3.05) is 44.2 Å². The molecule has 25 heavy (non-hydrogen) atoms. The molecule has 3 rings (SSSR count). The van der Waals surface area contributed by atoms with Crippen LogP contribution in [0.2, 0.25) is 0 Å². The minimum Gasteiger partial charge on any atom is -0.369 e. The molecular formula is C19H21FIN3O. The van der Waals surface area contributed by atoms with Crippen LogP contribution in [-0.4, -0.2) is 50.1 Å². The summed E-state index contributed by atoms with van der Waals surface area (Å²) in [5.74, 6) is -0.468. The van der Waals surface area contributed by atoms with Crippen LogP contribution in [-0.2, 0) is 0 Å². The zero-order valence-corrected chi connectivity index (χ0v) is 16.1. The van der Waals surface area contributed by atoms with Gasteiger partial charge in [0.25, 0.3) is 5.91 Å². The van der Waals surface area contributed by atoms with Crippen LogP contribution < -0.4 is 10.2 Å². The maximum atomic E-state index is 13.1. The van der Waals surface area contributed by atoms with Crippen LogP contribution in [0.5, 0.6) is 0 Å². The van der Waals surface area contributed by atoms with Crippen LogP contribution in [0, 0.1) is 9.39 Å². The van der Waals surface area contributed by atoms with E-state index in [0.29, 0.717) is 15.7 Å². The second-order valence-corrected chi connectivity index (χ2v) is 7.21. The van der Waals surface area contributed by atoms with Gasteiger partial charge in [-0.2, -0.15) is 0 Å². The lowest BCUT2D eigenvalue weighted by molar-refractivity contribution is 0.0947. The maximum absolute atomic E-state index is 13.1. The Morgan fingerprint density at radius 2 is 1.80 bits per heavy atom. The van der Waals surface area contributed by atoms with Gasteiger partial charge in [-0.3, -0.25) is 9.69 Å². The molecule has 0 atom stereocenters. The third-order valence-corrected chi connectivity index (χ3v) is 5.28. The molecule has 0 aromatic heterocycles. The molecule has 0 unspecified atom stereocenters. The molecule has 4 nitrogen and oxygen atoms in total. The molecule has 132 valence electrons. The molecule has 0 spiro atoms. The van der Waals surface area contributed by atoms with E-state index in [1.165, 1.54) is 23.9 Å². The summed E-state index contributed by atoms with van der Waals surface area (Å²) >= 11 is 1.99. The predicted octanol–water partition coefficient (Wildman–Crippen LogP) is 2.98. The number of halogens is 2. The lowest BCUT2D eigenvalue weighted by Crippen LogP contribution is -2.48. The van der Waals surface area contributed by atoms with Gasteiger partial charge in [0.15, 0.2) is 0 Å². The molecule has 1 amide bonds. The summed E-state index contributed by atoms with van der Waals surface area (Å²) in [7, 11) is 0. The van der Waals surface area contributed by atoms with Crippen LogP contribution >= 0.6 is 22.6 Å². The number of piperazine rings is 1. The topological polar surface area (TPSA) is 35.6 Å². The molecule has 1 aliphatic rings. The molecule has 6 heteroatoms. The van der Waals surface area contributed by atoms with Gasteiger partial charge in [-0.05, 0) is 52.9 Å². The van der Waals surface area contributed by atoms with Crippen molar-refractivity contribution in [3.05, 3.63) is 63.5 Å². The van der Waals surface area contributed by atoms with E-state index in [1.54, 1.807) is 0 Å². The van der Waals surface area contributed by atoms with E-state index in [4.69, 9.17) is 0 Å². The number of nitrogens with zero attached hydrogens (tertiary/aromatic N) is 2. The Kier molecular flexibility index (Phi) is 6.25. The van der Waals surface area contributed by atoms with Crippen molar-refractivity contribution in [2.24, 2.45) is 0 Å². The number of para-hydroxylation sites is 1. The molecular weight excluding hydrogens is 432 g/mol. The quantitative estimate of drug-likeness (QED) is 0.708.